The van der Waals surface area contributed by atoms with Crippen LogP contribution in [0.15, 0.2) is 54.4 Å². The molecule has 0 aliphatic heterocycles. The van der Waals surface area contributed by atoms with Gasteiger partial charge in [0, 0.05) is 28.9 Å². The Labute approximate surface area is 156 Å². The highest BCUT2D eigenvalue weighted by Gasteiger charge is 2.14. The third kappa shape index (κ3) is 2.34. The van der Waals surface area contributed by atoms with Crippen LogP contribution in [0.3, 0.4) is 0 Å². The van der Waals surface area contributed by atoms with Crippen LogP contribution in [-0.2, 0) is 0 Å². The molecule has 26 heavy (non-hydrogen) atoms. The van der Waals surface area contributed by atoms with E-state index in [-0.39, 0.29) is 0 Å². The number of H-pyrrole nitrogens is 1. The molecule has 5 aromatic rings. The number of fused-ring (bicyclic) bond motifs is 1. The molecule has 5 heterocycles. The largest absolute Gasteiger partial charge is 0.297 e. The predicted octanol–water partition coefficient (Wildman–Crippen LogP) is 4.45. The number of rotatable bonds is 3. The molecule has 0 aliphatic rings. The van der Waals surface area contributed by atoms with Crippen LogP contribution in [0.2, 0.25) is 0 Å². The minimum absolute atomic E-state index is 0.677. The fraction of sp³-hybridized carbons (Fsp3) is 0. The van der Waals surface area contributed by atoms with Crippen molar-refractivity contribution in [3.63, 3.8) is 0 Å². The van der Waals surface area contributed by atoms with Gasteiger partial charge in [0.2, 0.25) is 0 Å². The van der Waals surface area contributed by atoms with Crippen molar-refractivity contribution in [2.45, 2.75) is 0 Å². The molecule has 0 bridgehead atoms. The second-order valence-electron chi connectivity index (χ2n) is 5.56. The van der Waals surface area contributed by atoms with Crippen LogP contribution in [0, 0.1) is 11.3 Å². The van der Waals surface area contributed by atoms with Crippen LogP contribution in [0.25, 0.3) is 38.0 Å². The molecule has 0 radical (unpaired) electrons. The summed E-state index contributed by atoms with van der Waals surface area (Å²) in [4.78, 5) is 10.5. The summed E-state index contributed by atoms with van der Waals surface area (Å²) < 4.78 is 2.04. The number of thiazole rings is 1. The van der Waals surface area contributed by atoms with Crippen LogP contribution >= 0.6 is 22.7 Å². The standard InChI is InChI=1S/C18H10N6S2/c19-7-12-2-3-15(26-12)17-13(8-22-23-17)11-1-4-16-21-9-14(24(16)10-11)18-20-5-6-25-18/h1-6,8-10H,(H,22,23). The Kier molecular flexibility index (Phi) is 3.41. The summed E-state index contributed by atoms with van der Waals surface area (Å²) in [6, 6.07) is 9.96. The first kappa shape index (κ1) is 15.0. The zero-order valence-corrected chi connectivity index (χ0v) is 14.9. The summed E-state index contributed by atoms with van der Waals surface area (Å²) in [6.45, 7) is 0. The number of imidazole rings is 1. The number of nitriles is 1. The van der Waals surface area contributed by atoms with Crippen molar-refractivity contribution in [2.75, 3.05) is 0 Å². The summed E-state index contributed by atoms with van der Waals surface area (Å²) in [7, 11) is 0. The minimum Gasteiger partial charge on any atom is -0.297 e. The van der Waals surface area contributed by atoms with Gasteiger partial charge >= 0.3 is 0 Å². The van der Waals surface area contributed by atoms with E-state index in [2.05, 4.69) is 26.2 Å². The molecule has 0 aliphatic carbocycles. The van der Waals surface area contributed by atoms with Crippen molar-refractivity contribution >= 4 is 28.3 Å². The second kappa shape index (κ2) is 5.91. The van der Waals surface area contributed by atoms with Gasteiger partial charge in [-0.3, -0.25) is 9.50 Å². The molecule has 5 rings (SSSR count). The average Bonchev–Trinajstić information content (AvgIpc) is 3.47. The number of nitrogens with zero attached hydrogens (tertiary/aromatic N) is 5. The SMILES string of the molecule is N#Cc1ccc(-c2[nH]ncc2-c2ccc3ncc(-c4nccs4)n3c2)s1. The zero-order chi connectivity index (χ0) is 17.5. The van der Waals surface area contributed by atoms with Crippen molar-refractivity contribution in [1.29, 1.82) is 5.26 Å². The highest BCUT2D eigenvalue weighted by molar-refractivity contribution is 7.16. The van der Waals surface area contributed by atoms with E-state index in [9.17, 15) is 0 Å². The third-order valence-corrected chi connectivity index (χ3v) is 5.87. The monoisotopic (exact) mass is 374 g/mol. The molecule has 0 spiro atoms. The van der Waals surface area contributed by atoms with Gasteiger partial charge in [-0.05, 0) is 24.3 Å². The molecule has 0 aromatic carbocycles. The van der Waals surface area contributed by atoms with Crippen molar-refractivity contribution in [3.8, 4) is 38.5 Å². The summed E-state index contributed by atoms with van der Waals surface area (Å²) in [5.41, 5.74) is 4.74. The van der Waals surface area contributed by atoms with Crippen LogP contribution in [0.1, 0.15) is 4.88 Å². The number of nitrogens with one attached hydrogen (secondary N) is 1. The number of hydrogen-bond acceptors (Lipinski definition) is 6. The van der Waals surface area contributed by atoms with Crippen LogP contribution in [-0.4, -0.2) is 24.6 Å². The maximum absolute atomic E-state index is 9.07. The molecular weight excluding hydrogens is 364 g/mol. The molecule has 124 valence electrons. The Balaban J connectivity index is 1.66. The number of aromatic amines is 1. The van der Waals surface area contributed by atoms with Gasteiger partial charge in [-0.25, -0.2) is 9.97 Å². The first-order valence-electron chi connectivity index (χ1n) is 7.74. The Hall–Kier alpha value is -3.28. The highest BCUT2D eigenvalue weighted by Crippen LogP contribution is 2.35. The Morgan fingerprint density at radius 3 is 2.88 bits per heavy atom. The Morgan fingerprint density at radius 2 is 2.08 bits per heavy atom. The van der Waals surface area contributed by atoms with Crippen LogP contribution in [0.5, 0.6) is 0 Å². The topological polar surface area (TPSA) is 82.7 Å². The molecule has 0 amide bonds. The van der Waals surface area contributed by atoms with Gasteiger partial charge in [-0.15, -0.1) is 22.7 Å². The molecule has 8 heteroatoms. The fourth-order valence-corrected chi connectivity index (χ4v) is 4.33. The maximum atomic E-state index is 9.07. The van der Waals surface area contributed by atoms with Crippen molar-refractivity contribution in [1.82, 2.24) is 24.6 Å². The van der Waals surface area contributed by atoms with Gasteiger partial charge in [0.1, 0.15) is 27.3 Å². The molecule has 5 aromatic heterocycles. The van der Waals surface area contributed by atoms with Crippen LogP contribution in [0.4, 0.5) is 0 Å². The summed E-state index contributed by atoms with van der Waals surface area (Å²) in [5.74, 6) is 0. The number of pyridine rings is 1. The van der Waals surface area contributed by atoms with E-state index >= 15 is 0 Å². The minimum atomic E-state index is 0.677. The Bertz CT molecular complexity index is 1250. The van der Waals surface area contributed by atoms with E-state index < -0.39 is 0 Å². The van der Waals surface area contributed by atoms with Crippen molar-refractivity contribution in [2.24, 2.45) is 0 Å². The lowest BCUT2D eigenvalue weighted by molar-refractivity contribution is 1.10. The van der Waals surface area contributed by atoms with Crippen LogP contribution < -0.4 is 0 Å². The molecular formula is C18H10N6S2. The first-order valence-corrected chi connectivity index (χ1v) is 9.44. The van der Waals surface area contributed by atoms with Gasteiger partial charge in [0.05, 0.1) is 23.0 Å². The van der Waals surface area contributed by atoms with Gasteiger partial charge in [0.25, 0.3) is 0 Å². The van der Waals surface area contributed by atoms with Gasteiger partial charge in [-0.2, -0.15) is 10.4 Å². The lowest BCUT2D eigenvalue weighted by Crippen LogP contribution is -1.90. The van der Waals surface area contributed by atoms with Gasteiger partial charge in [0.15, 0.2) is 0 Å². The molecule has 0 saturated heterocycles. The molecule has 6 nitrogen and oxygen atoms in total. The Morgan fingerprint density at radius 1 is 1.12 bits per heavy atom. The predicted molar refractivity (Wildman–Crippen MR) is 102 cm³/mol. The zero-order valence-electron chi connectivity index (χ0n) is 13.2. The third-order valence-electron chi connectivity index (χ3n) is 4.07. The number of thiophene rings is 1. The average molecular weight is 374 g/mol. The highest BCUT2D eigenvalue weighted by atomic mass is 32.1. The summed E-state index contributed by atoms with van der Waals surface area (Å²) in [6.07, 6.45) is 7.49. The summed E-state index contributed by atoms with van der Waals surface area (Å²) in [5, 5.41) is 19.2. The number of aromatic nitrogens is 5. The quantitative estimate of drug-likeness (QED) is 0.506. The maximum Gasteiger partial charge on any atom is 0.141 e. The summed E-state index contributed by atoms with van der Waals surface area (Å²) >= 11 is 3.03. The van der Waals surface area contributed by atoms with E-state index in [0.717, 1.165) is 38.0 Å². The molecule has 0 fully saturated rings. The lowest BCUT2D eigenvalue weighted by Gasteiger charge is -2.04. The molecule has 0 saturated carbocycles. The molecule has 0 atom stereocenters. The molecule has 1 N–H and O–H groups in total. The molecule has 0 unspecified atom stereocenters. The van der Waals surface area contributed by atoms with Crippen molar-refractivity contribution in [3.05, 3.63) is 59.3 Å². The fourth-order valence-electron chi connectivity index (χ4n) is 2.87. The van der Waals surface area contributed by atoms with E-state index in [4.69, 9.17) is 5.26 Å². The smallest absolute Gasteiger partial charge is 0.141 e. The van der Waals surface area contributed by atoms with Crippen molar-refractivity contribution < 1.29 is 0 Å². The lowest BCUT2D eigenvalue weighted by atomic mass is 10.1. The number of hydrogen-bond donors (Lipinski definition) is 1. The van der Waals surface area contributed by atoms with E-state index in [1.54, 1.807) is 17.5 Å². The van der Waals surface area contributed by atoms with Gasteiger partial charge in [-0.1, -0.05) is 0 Å². The normalized spacial score (nSPS) is 11.0. The van der Waals surface area contributed by atoms with E-state index in [1.807, 2.05) is 52.6 Å². The second-order valence-corrected chi connectivity index (χ2v) is 7.54. The first-order chi connectivity index (χ1) is 12.8. The van der Waals surface area contributed by atoms with Gasteiger partial charge < -0.3 is 0 Å². The van der Waals surface area contributed by atoms with E-state index in [0.29, 0.717) is 4.88 Å². The van der Waals surface area contributed by atoms with E-state index in [1.165, 1.54) is 11.3 Å².